The Morgan fingerprint density at radius 3 is 2.02 bits per heavy atom. The number of amides is 2. The van der Waals surface area contributed by atoms with E-state index in [4.69, 9.17) is 9.47 Å². The number of esters is 2. The first-order chi connectivity index (χ1) is 28.5. The third-order valence-corrected chi connectivity index (χ3v) is 13.4. The second-order valence-corrected chi connectivity index (χ2v) is 17.1. The molecule has 0 atom stereocenters. The van der Waals surface area contributed by atoms with Gasteiger partial charge in [-0.15, -0.1) is 0 Å². The summed E-state index contributed by atoms with van der Waals surface area (Å²) in [5, 5.41) is 5.90. The topological polar surface area (TPSA) is 151 Å². The highest BCUT2D eigenvalue weighted by molar-refractivity contribution is 7.89. The molecular formula is C46H54N4O8S. The Morgan fingerprint density at radius 2 is 1.39 bits per heavy atom. The number of nitrogens with one attached hydrogen (secondary N) is 2. The van der Waals surface area contributed by atoms with E-state index in [2.05, 4.69) is 15.5 Å². The van der Waals surface area contributed by atoms with E-state index in [-0.39, 0.29) is 52.4 Å². The monoisotopic (exact) mass is 822 g/mol. The van der Waals surface area contributed by atoms with E-state index < -0.39 is 15.9 Å². The number of piperidine rings is 1. The lowest BCUT2D eigenvalue weighted by molar-refractivity contribution is -0.146. The van der Waals surface area contributed by atoms with Crippen LogP contribution in [-0.4, -0.2) is 76.4 Å². The molecule has 0 bridgehead atoms. The van der Waals surface area contributed by atoms with E-state index in [1.807, 2.05) is 42.5 Å². The van der Waals surface area contributed by atoms with Crippen molar-refractivity contribution >= 4 is 50.8 Å². The van der Waals surface area contributed by atoms with Crippen LogP contribution >= 0.6 is 0 Å². The fourth-order valence-corrected chi connectivity index (χ4v) is 9.81. The van der Waals surface area contributed by atoms with E-state index in [9.17, 15) is 27.6 Å². The summed E-state index contributed by atoms with van der Waals surface area (Å²) in [5.74, 6) is -1.80. The average molecular weight is 823 g/mol. The second kappa shape index (κ2) is 20.0. The summed E-state index contributed by atoms with van der Waals surface area (Å²) in [7, 11) is -1.24. The van der Waals surface area contributed by atoms with Gasteiger partial charge in [0, 0.05) is 42.6 Å². The smallest absolute Gasteiger partial charge is 0.337 e. The van der Waals surface area contributed by atoms with Crippen molar-refractivity contribution in [3.63, 3.8) is 0 Å². The van der Waals surface area contributed by atoms with Crippen LogP contribution in [0.5, 0.6) is 0 Å². The molecule has 13 heteroatoms. The number of hydrogen-bond acceptors (Lipinski definition) is 9. The van der Waals surface area contributed by atoms with E-state index >= 15 is 0 Å². The van der Waals surface area contributed by atoms with Crippen molar-refractivity contribution < 1.29 is 37.1 Å². The van der Waals surface area contributed by atoms with Gasteiger partial charge in [0.05, 0.1) is 41.8 Å². The number of anilines is 3. The quantitative estimate of drug-likeness (QED) is 0.114. The van der Waals surface area contributed by atoms with Crippen LogP contribution in [0, 0.1) is 5.92 Å². The summed E-state index contributed by atoms with van der Waals surface area (Å²) < 4.78 is 39.1. The maximum Gasteiger partial charge on any atom is 0.337 e. The Hall–Kier alpha value is -5.53. The molecule has 1 aliphatic heterocycles. The summed E-state index contributed by atoms with van der Waals surface area (Å²) in [6.45, 7) is 3.77. The number of carbonyl (C=O) groups excluding carboxylic acids is 4. The van der Waals surface area contributed by atoms with Gasteiger partial charge in [-0.05, 0) is 136 Å². The summed E-state index contributed by atoms with van der Waals surface area (Å²) in [6, 6.07) is 26.2. The van der Waals surface area contributed by atoms with Gasteiger partial charge in [-0.2, -0.15) is 4.31 Å². The van der Waals surface area contributed by atoms with Gasteiger partial charge in [-0.3, -0.25) is 14.4 Å². The molecule has 0 spiro atoms. The fourth-order valence-electron chi connectivity index (χ4n) is 8.07. The molecule has 4 aromatic carbocycles. The minimum Gasteiger partial charge on any atom is -0.469 e. The van der Waals surface area contributed by atoms with Gasteiger partial charge in [0.25, 0.3) is 11.8 Å². The summed E-state index contributed by atoms with van der Waals surface area (Å²) >= 11 is 0. The number of rotatable bonds is 15. The number of ether oxygens (including phenoxy) is 2. The van der Waals surface area contributed by atoms with Crippen molar-refractivity contribution in [2.75, 3.05) is 49.4 Å². The molecule has 2 aliphatic rings. The number of nitrogens with zero attached hydrogens (tertiary/aromatic N) is 2. The highest BCUT2D eigenvalue weighted by Gasteiger charge is 2.35. The average Bonchev–Trinajstić information content (AvgIpc) is 3.27. The largest absolute Gasteiger partial charge is 0.469 e. The van der Waals surface area contributed by atoms with Crippen LogP contribution in [0.4, 0.5) is 17.1 Å². The van der Waals surface area contributed by atoms with Crippen molar-refractivity contribution in [2.24, 2.45) is 5.92 Å². The van der Waals surface area contributed by atoms with Gasteiger partial charge in [-0.25, -0.2) is 13.2 Å². The number of aryl methyl sites for hydroxylation is 2. The summed E-state index contributed by atoms with van der Waals surface area (Å²) in [6.07, 6.45) is 8.00. The van der Waals surface area contributed by atoms with Gasteiger partial charge in [0.1, 0.15) is 0 Å². The maximum absolute atomic E-state index is 14.0. The third kappa shape index (κ3) is 10.8. The maximum atomic E-state index is 14.0. The molecule has 0 radical (unpaired) electrons. The molecule has 1 heterocycles. The fraction of sp³-hybridized carbons (Fsp3) is 0.391. The highest BCUT2D eigenvalue weighted by atomic mass is 32.2. The predicted molar refractivity (Wildman–Crippen MR) is 228 cm³/mol. The molecule has 1 saturated heterocycles. The minimum atomic E-state index is -3.97. The van der Waals surface area contributed by atoms with Gasteiger partial charge in [-0.1, -0.05) is 37.3 Å². The second-order valence-electron chi connectivity index (χ2n) is 15.2. The SMILES string of the molecule is CCN(C1CCC(C(=O)OC)CC1)S(=O)(=O)c1cccc(C(=O)Nc2ccc(N3CCCCC3)cc2C(=O)Nc2ccc(CCCc3ccc(C(=O)OC)cc3)cc2)c1. The molecule has 2 N–H and O–H groups in total. The van der Waals surface area contributed by atoms with Crippen LogP contribution in [0.25, 0.3) is 0 Å². The zero-order valence-corrected chi connectivity index (χ0v) is 34.9. The number of benzene rings is 4. The van der Waals surface area contributed by atoms with E-state index in [0.29, 0.717) is 42.6 Å². The van der Waals surface area contributed by atoms with Crippen molar-refractivity contribution in [3.05, 3.63) is 119 Å². The standard InChI is InChI=1S/C46H54N4O8S/c1-4-50(38-24-20-35(21-25-38)46(54)58-3)59(55,56)40-13-9-12-36(30-40)43(51)48-42-27-26-39(49-28-6-5-7-29-49)31-41(42)44(52)47-37-22-16-33(17-23-37)11-8-10-32-14-18-34(19-15-32)45(53)57-2/h9,12-19,22-23,26-27,30-31,35,38H,4-8,10-11,20-21,24-25,28-29H2,1-3H3,(H,47,52)(H,48,51). The zero-order valence-electron chi connectivity index (χ0n) is 34.1. The molecular weight excluding hydrogens is 769 g/mol. The van der Waals surface area contributed by atoms with Crippen LogP contribution in [-0.2, 0) is 37.1 Å². The van der Waals surface area contributed by atoms with Gasteiger partial charge >= 0.3 is 11.9 Å². The van der Waals surface area contributed by atoms with Gasteiger partial charge in [0.15, 0.2) is 0 Å². The van der Waals surface area contributed by atoms with Crippen LogP contribution in [0.3, 0.4) is 0 Å². The lowest BCUT2D eigenvalue weighted by Gasteiger charge is -2.34. The first-order valence-corrected chi connectivity index (χ1v) is 21.9. The number of sulfonamides is 1. The predicted octanol–water partition coefficient (Wildman–Crippen LogP) is 7.89. The first-order valence-electron chi connectivity index (χ1n) is 20.5. The first kappa shape index (κ1) is 43.1. The zero-order chi connectivity index (χ0) is 41.9. The highest BCUT2D eigenvalue weighted by Crippen LogP contribution is 2.32. The van der Waals surface area contributed by atoms with Crippen LogP contribution in [0.2, 0.25) is 0 Å². The van der Waals surface area contributed by atoms with Gasteiger partial charge in [0.2, 0.25) is 10.0 Å². The number of carbonyl (C=O) groups is 4. The molecule has 1 aliphatic carbocycles. The lowest BCUT2D eigenvalue weighted by Crippen LogP contribution is -2.43. The van der Waals surface area contributed by atoms with Crippen LogP contribution < -0.4 is 15.5 Å². The Kier molecular flexibility index (Phi) is 14.6. The van der Waals surface area contributed by atoms with Crippen molar-refractivity contribution in [3.8, 4) is 0 Å². The van der Waals surface area contributed by atoms with E-state index in [0.717, 1.165) is 68.4 Å². The van der Waals surface area contributed by atoms with E-state index in [1.165, 1.54) is 30.7 Å². The molecule has 6 rings (SSSR count). The van der Waals surface area contributed by atoms with Crippen molar-refractivity contribution in [1.82, 2.24) is 4.31 Å². The third-order valence-electron chi connectivity index (χ3n) is 11.4. The Labute approximate surface area is 347 Å². The number of methoxy groups -OCH3 is 2. The van der Waals surface area contributed by atoms with Crippen molar-refractivity contribution in [2.45, 2.75) is 82.1 Å². The minimum absolute atomic E-state index is 0.00163. The summed E-state index contributed by atoms with van der Waals surface area (Å²) in [4.78, 5) is 53.8. The molecule has 1 saturated carbocycles. The molecule has 59 heavy (non-hydrogen) atoms. The lowest BCUT2D eigenvalue weighted by atomic mass is 9.86. The van der Waals surface area contributed by atoms with Crippen molar-refractivity contribution in [1.29, 1.82) is 0 Å². The molecule has 4 aromatic rings. The Balaban J connectivity index is 1.14. The molecule has 0 unspecified atom stereocenters. The van der Waals surface area contributed by atoms with Crippen LogP contribution in [0.15, 0.2) is 95.9 Å². The normalized spacial score (nSPS) is 16.9. The molecule has 2 amide bonds. The molecule has 12 nitrogen and oxygen atoms in total. The summed E-state index contributed by atoms with van der Waals surface area (Å²) in [5.41, 5.74) is 4.98. The molecule has 312 valence electrons. The number of hydrogen-bond donors (Lipinski definition) is 2. The molecule has 0 aromatic heterocycles. The van der Waals surface area contributed by atoms with E-state index in [1.54, 1.807) is 43.3 Å². The van der Waals surface area contributed by atoms with Gasteiger partial charge < -0.3 is 25.0 Å². The Morgan fingerprint density at radius 1 is 0.729 bits per heavy atom. The van der Waals surface area contributed by atoms with Crippen LogP contribution in [0.1, 0.15) is 100 Å². The Bertz CT molecular complexity index is 2210. The molecule has 2 fully saturated rings.